The lowest BCUT2D eigenvalue weighted by Crippen LogP contribution is -2.37. The van der Waals surface area contributed by atoms with Crippen LogP contribution in [0.5, 0.6) is 0 Å². The van der Waals surface area contributed by atoms with Crippen LogP contribution in [-0.2, 0) is 11.3 Å². The van der Waals surface area contributed by atoms with Gasteiger partial charge in [0.2, 0.25) is 0 Å². The van der Waals surface area contributed by atoms with Gasteiger partial charge >= 0.3 is 5.69 Å². The van der Waals surface area contributed by atoms with Crippen molar-refractivity contribution in [3.63, 3.8) is 0 Å². The lowest BCUT2D eigenvalue weighted by molar-refractivity contribution is 0.0950. The fourth-order valence-electron chi connectivity index (χ4n) is 1.66. The second-order valence-electron chi connectivity index (χ2n) is 3.51. The largest absolute Gasteiger partial charge is 0.376 e. The SMILES string of the molecule is O=c1cc(Cl)[nH]c(=O)n1CC1CCCO1. The van der Waals surface area contributed by atoms with Crippen LogP contribution >= 0.6 is 11.6 Å². The smallest absolute Gasteiger partial charge is 0.329 e. The second-order valence-corrected chi connectivity index (χ2v) is 3.91. The summed E-state index contributed by atoms with van der Waals surface area (Å²) in [5, 5.41) is 0.0635. The molecular weight excluding hydrogens is 220 g/mol. The van der Waals surface area contributed by atoms with Crippen LogP contribution < -0.4 is 11.2 Å². The number of nitrogens with one attached hydrogen (secondary N) is 1. The van der Waals surface area contributed by atoms with Gasteiger partial charge < -0.3 is 4.74 Å². The van der Waals surface area contributed by atoms with Crippen molar-refractivity contribution in [3.8, 4) is 0 Å². The maximum absolute atomic E-state index is 11.5. The van der Waals surface area contributed by atoms with E-state index in [-0.39, 0.29) is 16.8 Å². The summed E-state index contributed by atoms with van der Waals surface area (Å²) in [6, 6.07) is 1.19. The lowest BCUT2D eigenvalue weighted by Gasteiger charge is -2.10. The quantitative estimate of drug-likeness (QED) is 0.747. The molecule has 1 saturated heterocycles. The van der Waals surface area contributed by atoms with E-state index in [0.717, 1.165) is 17.4 Å². The van der Waals surface area contributed by atoms with Crippen molar-refractivity contribution in [3.05, 3.63) is 32.1 Å². The van der Waals surface area contributed by atoms with Crippen LogP contribution in [0.1, 0.15) is 12.8 Å². The maximum atomic E-state index is 11.5. The van der Waals surface area contributed by atoms with Gasteiger partial charge in [-0.25, -0.2) is 4.79 Å². The van der Waals surface area contributed by atoms with E-state index in [4.69, 9.17) is 16.3 Å². The van der Waals surface area contributed by atoms with Gasteiger partial charge in [0.05, 0.1) is 12.6 Å². The van der Waals surface area contributed by atoms with E-state index in [9.17, 15) is 9.59 Å². The van der Waals surface area contributed by atoms with E-state index in [2.05, 4.69) is 4.98 Å². The van der Waals surface area contributed by atoms with E-state index < -0.39 is 5.69 Å². The molecule has 1 unspecified atom stereocenters. The van der Waals surface area contributed by atoms with Crippen LogP contribution in [-0.4, -0.2) is 22.3 Å². The number of hydrogen-bond acceptors (Lipinski definition) is 3. The Bertz CT molecular complexity index is 428. The summed E-state index contributed by atoms with van der Waals surface area (Å²) in [5.41, 5.74) is -0.873. The second kappa shape index (κ2) is 4.20. The average molecular weight is 231 g/mol. The minimum absolute atomic E-state index is 0.0371. The molecule has 15 heavy (non-hydrogen) atoms. The fraction of sp³-hybridized carbons (Fsp3) is 0.556. The van der Waals surface area contributed by atoms with Gasteiger partial charge in [0, 0.05) is 12.7 Å². The highest BCUT2D eigenvalue weighted by molar-refractivity contribution is 6.29. The van der Waals surface area contributed by atoms with Gasteiger partial charge in [-0.1, -0.05) is 11.6 Å². The first-order valence-electron chi connectivity index (χ1n) is 4.78. The summed E-state index contributed by atoms with van der Waals surface area (Å²) in [4.78, 5) is 25.2. The molecule has 0 spiro atoms. The molecule has 1 aliphatic heterocycles. The van der Waals surface area contributed by atoms with Crippen LogP contribution in [0.4, 0.5) is 0 Å². The molecule has 1 aliphatic rings. The normalized spacial score (nSPS) is 20.7. The van der Waals surface area contributed by atoms with Crippen molar-refractivity contribution >= 4 is 11.6 Å². The Morgan fingerprint density at radius 1 is 1.60 bits per heavy atom. The Labute approximate surface area is 90.6 Å². The van der Waals surface area contributed by atoms with E-state index in [1.807, 2.05) is 0 Å². The zero-order chi connectivity index (χ0) is 10.8. The number of rotatable bonds is 2. The topological polar surface area (TPSA) is 64.1 Å². The van der Waals surface area contributed by atoms with Crippen molar-refractivity contribution in [1.29, 1.82) is 0 Å². The zero-order valence-electron chi connectivity index (χ0n) is 8.03. The third-order valence-corrected chi connectivity index (χ3v) is 2.60. The third kappa shape index (κ3) is 2.30. The molecule has 0 amide bonds. The van der Waals surface area contributed by atoms with Crippen LogP contribution in [0.3, 0.4) is 0 Å². The molecule has 0 radical (unpaired) electrons. The number of halogens is 1. The number of hydrogen-bond donors (Lipinski definition) is 1. The number of H-pyrrole nitrogens is 1. The standard InChI is InChI=1S/C9H11ClN2O3/c10-7-4-8(13)12(9(14)11-7)5-6-2-1-3-15-6/h4,6H,1-3,5H2,(H,11,14). The predicted octanol–water partition coefficient (Wildman–Crippen LogP) is 0.369. The Hall–Kier alpha value is -1.07. The molecule has 2 rings (SSSR count). The summed E-state index contributed by atoms with van der Waals surface area (Å²) < 4.78 is 6.46. The minimum Gasteiger partial charge on any atom is -0.376 e. The lowest BCUT2D eigenvalue weighted by atomic mass is 10.2. The van der Waals surface area contributed by atoms with Crippen molar-refractivity contribution in [1.82, 2.24) is 9.55 Å². The minimum atomic E-state index is -0.483. The van der Waals surface area contributed by atoms with Gasteiger partial charge in [-0.3, -0.25) is 14.3 Å². The van der Waals surface area contributed by atoms with Crippen molar-refractivity contribution < 1.29 is 4.74 Å². The molecule has 0 aromatic carbocycles. The number of aromatic amines is 1. The molecule has 0 saturated carbocycles. The molecule has 0 aliphatic carbocycles. The number of ether oxygens (including phenoxy) is 1. The Kier molecular flexibility index (Phi) is 2.93. The van der Waals surface area contributed by atoms with E-state index in [1.54, 1.807) is 0 Å². The molecule has 6 heteroatoms. The summed E-state index contributed by atoms with van der Waals surface area (Å²) in [7, 11) is 0. The van der Waals surface area contributed by atoms with E-state index in [0.29, 0.717) is 13.2 Å². The molecular formula is C9H11ClN2O3. The zero-order valence-corrected chi connectivity index (χ0v) is 8.79. The van der Waals surface area contributed by atoms with Gasteiger partial charge in [0.15, 0.2) is 0 Å². The van der Waals surface area contributed by atoms with Crippen LogP contribution in [0.25, 0.3) is 0 Å². The first kappa shape index (κ1) is 10.4. The van der Waals surface area contributed by atoms with Gasteiger partial charge in [-0.15, -0.1) is 0 Å². The van der Waals surface area contributed by atoms with Gasteiger partial charge in [-0.05, 0) is 12.8 Å². The predicted molar refractivity (Wildman–Crippen MR) is 55.3 cm³/mol. The number of nitrogens with zero attached hydrogens (tertiary/aromatic N) is 1. The Morgan fingerprint density at radius 2 is 2.40 bits per heavy atom. The highest BCUT2D eigenvalue weighted by atomic mass is 35.5. The van der Waals surface area contributed by atoms with Crippen molar-refractivity contribution in [2.45, 2.75) is 25.5 Å². The van der Waals surface area contributed by atoms with Crippen LogP contribution in [0.2, 0.25) is 5.15 Å². The van der Waals surface area contributed by atoms with E-state index in [1.165, 1.54) is 6.07 Å². The van der Waals surface area contributed by atoms with E-state index >= 15 is 0 Å². The molecule has 1 atom stereocenters. The van der Waals surface area contributed by atoms with Crippen molar-refractivity contribution in [2.75, 3.05) is 6.61 Å². The van der Waals surface area contributed by atoms with Gasteiger partial charge in [0.25, 0.3) is 5.56 Å². The molecule has 1 aromatic rings. The number of aromatic nitrogens is 2. The molecule has 1 fully saturated rings. The highest BCUT2D eigenvalue weighted by Gasteiger charge is 2.17. The van der Waals surface area contributed by atoms with Crippen molar-refractivity contribution in [2.24, 2.45) is 0 Å². The van der Waals surface area contributed by atoms with Gasteiger partial charge in [-0.2, -0.15) is 0 Å². The van der Waals surface area contributed by atoms with Crippen LogP contribution in [0.15, 0.2) is 15.7 Å². The third-order valence-electron chi connectivity index (χ3n) is 2.40. The molecule has 5 nitrogen and oxygen atoms in total. The molecule has 0 bridgehead atoms. The first-order valence-corrected chi connectivity index (χ1v) is 5.16. The highest BCUT2D eigenvalue weighted by Crippen LogP contribution is 2.12. The molecule has 1 aromatic heterocycles. The maximum Gasteiger partial charge on any atom is 0.329 e. The Morgan fingerprint density at radius 3 is 3.00 bits per heavy atom. The molecule has 1 N–H and O–H groups in total. The average Bonchev–Trinajstić information content (AvgIpc) is 2.63. The van der Waals surface area contributed by atoms with Gasteiger partial charge in [0.1, 0.15) is 5.15 Å². The fourth-order valence-corrected chi connectivity index (χ4v) is 1.83. The first-order chi connectivity index (χ1) is 7.16. The molecule has 82 valence electrons. The summed E-state index contributed by atoms with van der Waals surface area (Å²) >= 11 is 5.54. The summed E-state index contributed by atoms with van der Waals surface area (Å²) in [5.74, 6) is 0. The Balaban J connectivity index is 2.28. The summed E-state index contributed by atoms with van der Waals surface area (Å²) in [6.07, 6.45) is 1.82. The molecule has 2 heterocycles. The monoisotopic (exact) mass is 230 g/mol. The summed E-state index contributed by atoms with van der Waals surface area (Å²) in [6.45, 7) is 0.996. The van der Waals surface area contributed by atoms with Crippen LogP contribution in [0, 0.1) is 0 Å².